The summed E-state index contributed by atoms with van der Waals surface area (Å²) in [6, 6.07) is 9.93. The van der Waals surface area contributed by atoms with E-state index in [1.807, 2.05) is 34.9 Å². The standard InChI is InChI=1S/C23H29N7O3/c1-15-16(2)33-13-10-29(15)21-14-20(28-8-11-32-12-9-28)26-23(27-21)30-19-7-5-4-6-18(19)25-22(30)24-17(3)31/h4-7,14-16H,8-13H2,1-3H3,(H,24,25,31)/t15-,16-/m1/s1. The number of ether oxygens (including phenoxy) is 2. The zero-order chi connectivity index (χ0) is 22.9. The van der Waals surface area contributed by atoms with Gasteiger partial charge in [0.1, 0.15) is 11.6 Å². The number of carbonyl (C=O) groups is 1. The molecule has 1 aromatic carbocycles. The maximum Gasteiger partial charge on any atom is 0.241 e. The lowest BCUT2D eigenvalue weighted by Crippen LogP contribution is -2.49. The summed E-state index contributed by atoms with van der Waals surface area (Å²) in [6.07, 6.45) is 0.0908. The number of hydrogen-bond acceptors (Lipinski definition) is 8. The fraction of sp³-hybridized carbons (Fsp3) is 0.478. The Labute approximate surface area is 192 Å². The lowest BCUT2D eigenvalue weighted by atomic mass is 10.1. The summed E-state index contributed by atoms with van der Waals surface area (Å²) in [5.74, 6) is 2.33. The molecule has 4 heterocycles. The number of nitrogens with zero attached hydrogens (tertiary/aromatic N) is 6. The molecule has 2 aromatic heterocycles. The molecule has 5 rings (SSSR count). The van der Waals surface area contributed by atoms with Crippen LogP contribution in [0.1, 0.15) is 20.8 Å². The SMILES string of the molecule is CC(=O)Nc1nc2ccccc2n1-c1nc(N2CCOCC2)cc(N2CCO[C@H](C)[C@H]2C)n1. The van der Waals surface area contributed by atoms with Crippen molar-refractivity contribution in [2.24, 2.45) is 0 Å². The number of morpholine rings is 2. The van der Waals surface area contributed by atoms with Crippen molar-refractivity contribution in [3.63, 3.8) is 0 Å². The van der Waals surface area contributed by atoms with E-state index in [-0.39, 0.29) is 18.1 Å². The second kappa shape index (κ2) is 8.95. The molecule has 0 spiro atoms. The van der Waals surface area contributed by atoms with E-state index in [0.29, 0.717) is 31.7 Å². The highest BCUT2D eigenvalue weighted by Crippen LogP contribution is 2.29. The minimum atomic E-state index is -0.202. The molecule has 0 radical (unpaired) electrons. The molecule has 0 saturated carbocycles. The van der Waals surface area contributed by atoms with Gasteiger partial charge in [-0.3, -0.25) is 10.1 Å². The number of para-hydroxylation sites is 2. The van der Waals surface area contributed by atoms with Gasteiger partial charge >= 0.3 is 0 Å². The van der Waals surface area contributed by atoms with E-state index in [0.717, 1.165) is 42.3 Å². The minimum absolute atomic E-state index is 0.0908. The summed E-state index contributed by atoms with van der Waals surface area (Å²) in [5.41, 5.74) is 1.59. The number of hydrogen-bond donors (Lipinski definition) is 1. The van der Waals surface area contributed by atoms with E-state index in [2.05, 4.69) is 33.9 Å². The van der Waals surface area contributed by atoms with Crippen LogP contribution in [-0.4, -0.2) is 77.0 Å². The van der Waals surface area contributed by atoms with Crippen molar-refractivity contribution >= 4 is 34.5 Å². The van der Waals surface area contributed by atoms with Gasteiger partial charge in [-0.2, -0.15) is 9.97 Å². The number of fused-ring (bicyclic) bond motifs is 1. The van der Waals surface area contributed by atoms with Crippen LogP contribution < -0.4 is 15.1 Å². The Bertz CT molecular complexity index is 1160. The molecule has 10 heteroatoms. The molecule has 10 nitrogen and oxygen atoms in total. The molecule has 2 aliphatic rings. The number of amides is 1. The Morgan fingerprint density at radius 3 is 2.58 bits per heavy atom. The minimum Gasteiger partial charge on any atom is -0.378 e. The highest BCUT2D eigenvalue weighted by atomic mass is 16.5. The molecule has 2 saturated heterocycles. The van der Waals surface area contributed by atoms with Crippen LogP contribution in [0.3, 0.4) is 0 Å². The smallest absolute Gasteiger partial charge is 0.241 e. The topological polar surface area (TPSA) is 97.6 Å². The van der Waals surface area contributed by atoms with Gasteiger partial charge < -0.3 is 19.3 Å². The molecule has 0 aliphatic carbocycles. The van der Waals surface area contributed by atoms with Gasteiger partial charge in [-0.05, 0) is 26.0 Å². The van der Waals surface area contributed by atoms with Crippen LogP contribution in [0, 0.1) is 0 Å². The van der Waals surface area contributed by atoms with Crippen molar-refractivity contribution in [2.75, 3.05) is 54.6 Å². The Hall–Kier alpha value is -3.24. The van der Waals surface area contributed by atoms with Gasteiger partial charge in [-0.1, -0.05) is 12.1 Å². The number of aromatic nitrogens is 4. The van der Waals surface area contributed by atoms with Gasteiger partial charge in [0, 0.05) is 32.6 Å². The van der Waals surface area contributed by atoms with Crippen molar-refractivity contribution in [1.29, 1.82) is 0 Å². The molecule has 2 aliphatic heterocycles. The van der Waals surface area contributed by atoms with E-state index >= 15 is 0 Å². The molecule has 2 atom stereocenters. The van der Waals surface area contributed by atoms with Gasteiger partial charge in [0.15, 0.2) is 0 Å². The molecule has 3 aromatic rings. The molecular formula is C23H29N7O3. The maximum absolute atomic E-state index is 11.9. The molecule has 33 heavy (non-hydrogen) atoms. The summed E-state index contributed by atoms with van der Waals surface area (Å²) in [6.45, 7) is 9.92. The van der Waals surface area contributed by atoms with Crippen molar-refractivity contribution < 1.29 is 14.3 Å². The second-order valence-corrected chi connectivity index (χ2v) is 8.43. The summed E-state index contributed by atoms with van der Waals surface area (Å²) >= 11 is 0. The van der Waals surface area contributed by atoms with Crippen LogP contribution in [0.25, 0.3) is 17.0 Å². The van der Waals surface area contributed by atoms with Crippen LogP contribution in [0.5, 0.6) is 0 Å². The first-order valence-electron chi connectivity index (χ1n) is 11.4. The first-order valence-corrected chi connectivity index (χ1v) is 11.4. The zero-order valence-electron chi connectivity index (χ0n) is 19.2. The van der Waals surface area contributed by atoms with E-state index < -0.39 is 0 Å². The third kappa shape index (κ3) is 4.23. The maximum atomic E-state index is 11.9. The van der Waals surface area contributed by atoms with E-state index in [4.69, 9.17) is 19.4 Å². The first-order chi connectivity index (χ1) is 16.0. The molecular weight excluding hydrogens is 422 g/mol. The quantitative estimate of drug-likeness (QED) is 0.645. The third-order valence-electron chi connectivity index (χ3n) is 6.25. The Kier molecular flexibility index (Phi) is 5.86. The second-order valence-electron chi connectivity index (χ2n) is 8.43. The van der Waals surface area contributed by atoms with Crippen LogP contribution in [-0.2, 0) is 14.3 Å². The highest BCUT2D eigenvalue weighted by molar-refractivity contribution is 5.90. The predicted molar refractivity (Wildman–Crippen MR) is 126 cm³/mol. The summed E-state index contributed by atoms with van der Waals surface area (Å²) in [7, 11) is 0. The molecule has 174 valence electrons. The number of anilines is 3. The third-order valence-corrected chi connectivity index (χ3v) is 6.25. The number of imidazole rings is 1. The largest absolute Gasteiger partial charge is 0.378 e. The molecule has 2 fully saturated rings. The molecule has 0 unspecified atom stereocenters. The number of carbonyl (C=O) groups excluding carboxylic acids is 1. The number of benzene rings is 1. The number of rotatable bonds is 4. The average molecular weight is 452 g/mol. The van der Waals surface area contributed by atoms with Crippen LogP contribution in [0.2, 0.25) is 0 Å². The number of nitrogens with one attached hydrogen (secondary N) is 1. The van der Waals surface area contributed by atoms with E-state index in [1.54, 1.807) is 0 Å². The molecule has 0 bridgehead atoms. The molecule has 1 N–H and O–H groups in total. The Balaban J connectivity index is 1.68. The zero-order valence-corrected chi connectivity index (χ0v) is 19.2. The van der Waals surface area contributed by atoms with Crippen molar-refractivity contribution in [1.82, 2.24) is 19.5 Å². The van der Waals surface area contributed by atoms with Crippen molar-refractivity contribution in [2.45, 2.75) is 32.9 Å². The first kappa shape index (κ1) is 21.6. The van der Waals surface area contributed by atoms with Crippen LogP contribution >= 0.6 is 0 Å². The molecule has 1 amide bonds. The van der Waals surface area contributed by atoms with Gasteiger partial charge in [-0.15, -0.1) is 0 Å². The summed E-state index contributed by atoms with van der Waals surface area (Å²) < 4.78 is 13.2. The van der Waals surface area contributed by atoms with Gasteiger partial charge in [0.2, 0.25) is 17.8 Å². The monoisotopic (exact) mass is 451 g/mol. The van der Waals surface area contributed by atoms with Gasteiger partial charge in [0.05, 0.1) is 43.0 Å². The lowest BCUT2D eigenvalue weighted by molar-refractivity contribution is -0.114. The summed E-state index contributed by atoms with van der Waals surface area (Å²) in [5, 5.41) is 2.84. The Morgan fingerprint density at radius 1 is 1.03 bits per heavy atom. The van der Waals surface area contributed by atoms with Crippen LogP contribution in [0.4, 0.5) is 17.6 Å². The fourth-order valence-corrected chi connectivity index (χ4v) is 4.34. The predicted octanol–water partition coefficient (Wildman–Crippen LogP) is 2.22. The highest BCUT2D eigenvalue weighted by Gasteiger charge is 2.29. The Morgan fingerprint density at radius 2 is 1.79 bits per heavy atom. The van der Waals surface area contributed by atoms with Gasteiger partial charge in [-0.25, -0.2) is 9.55 Å². The lowest BCUT2D eigenvalue weighted by Gasteiger charge is -2.39. The summed E-state index contributed by atoms with van der Waals surface area (Å²) in [4.78, 5) is 30.9. The fourth-order valence-electron chi connectivity index (χ4n) is 4.34. The average Bonchev–Trinajstić information content (AvgIpc) is 3.18. The van der Waals surface area contributed by atoms with Crippen molar-refractivity contribution in [3.8, 4) is 5.95 Å². The van der Waals surface area contributed by atoms with E-state index in [9.17, 15) is 4.79 Å². The van der Waals surface area contributed by atoms with Crippen molar-refractivity contribution in [3.05, 3.63) is 30.3 Å². The normalized spacial score (nSPS) is 21.4. The van der Waals surface area contributed by atoms with Crippen LogP contribution in [0.15, 0.2) is 30.3 Å². The van der Waals surface area contributed by atoms with Gasteiger partial charge in [0.25, 0.3) is 0 Å². The van der Waals surface area contributed by atoms with E-state index in [1.165, 1.54) is 6.92 Å².